The minimum Gasteiger partial charge on any atom is -0.480 e. The average Bonchev–Trinajstić information content (AvgIpc) is 2.96. The molecule has 0 aliphatic heterocycles. The van der Waals surface area contributed by atoms with Crippen molar-refractivity contribution in [2.45, 2.75) is 12.5 Å². The lowest BCUT2D eigenvalue weighted by molar-refractivity contribution is -0.141. The Kier molecular flexibility index (Phi) is 4.94. The molecule has 0 fully saturated rings. The molecule has 2 aromatic rings. The lowest BCUT2D eigenvalue weighted by Gasteiger charge is -2.11. The zero-order chi connectivity index (χ0) is 15.4. The summed E-state index contributed by atoms with van der Waals surface area (Å²) in [5.74, 6) is -1.79. The standard InChI is InChI=1S/C12H12ClN3O4S/c13-10-8(16-4-6-21-12(16)15-10)1-2-9(18)14-7(3-5-17)11(19)20/h1-2,4,6-7,17H,3,5H2,(H,14,18)(H,19,20)/b2-1+. The second kappa shape index (κ2) is 6.70. The number of halogens is 1. The number of amides is 1. The predicted octanol–water partition coefficient (Wildman–Crippen LogP) is 1.01. The molecular formula is C12H12ClN3O4S. The van der Waals surface area contributed by atoms with Gasteiger partial charge in [0, 0.05) is 30.7 Å². The van der Waals surface area contributed by atoms with Crippen LogP contribution in [0.3, 0.4) is 0 Å². The molecule has 2 rings (SSSR count). The molecule has 1 amide bonds. The molecule has 2 heterocycles. The summed E-state index contributed by atoms with van der Waals surface area (Å²) in [5, 5.41) is 22.0. The molecule has 0 aliphatic carbocycles. The van der Waals surface area contributed by atoms with Crippen molar-refractivity contribution < 1.29 is 19.8 Å². The number of carbonyl (C=O) groups excluding carboxylic acids is 1. The van der Waals surface area contributed by atoms with Crippen molar-refractivity contribution in [2.24, 2.45) is 0 Å². The number of aliphatic hydroxyl groups is 1. The van der Waals surface area contributed by atoms with Gasteiger partial charge >= 0.3 is 5.97 Å². The number of aromatic nitrogens is 2. The van der Waals surface area contributed by atoms with E-state index in [2.05, 4.69) is 10.3 Å². The highest BCUT2D eigenvalue weighted by molar-refractivity contribution is 7.15. The van der Waals surface area contributed by atoms with Crippen molar-refractivity contribution in [2.75, 3.05) is 6.61 Å². The number of carboxylic acid groups (broad SMARTS) is 1. The van der Waals surface area contributed by atoms with Crippen LogP contribution in [-0.4, -0.2) is 44.1 Å². The van der Waals surface area contributed by atoms with E-state index in [1.807, 2.05) is 5.38 Å². The van der Waals surface area contributed by atoms with Gasteiger partial charge in [-0.2, -0.15) is 0 Å². The minimum atomic E-state index is -1.20. The number of thiazole rings is 1. The van der Waals surface area contributed by atoms with Crippen LogP contribution >= 0.6 is 22.9 Å². The third kappa shape index (κ3) is 3.60. The summed E-state index contributed by atoms with van der Waals surface area (Å²) in [4.78, 5) is 27.4. The first kappa shape index (κ1) is 15.5. The Morgan fingerprint density at radius 1 is 1.57 bits per heavy atom. The zero-order valence-corrected chi connectivity index (χ0v) is 12.3. The fourth-order valence-corrected chi connectivity index (χ4v) is 2.69. The highest BCUT2D eigenvalue weighted by Crippen LogP contribution is 2.22. The molecule has 9 heteroatoms. The molecule has 2 aromatic heterocycles. The van der Waals surface area contributed by atoms with E-state index in [9.17, 15) is 9.59 Å². The number of hydrogen-bond donors (Lipinski definition) is 3. The van der Waals surface area contributed by atoms with Crippen molar-refractivity contribution in [1.82, 2.24) is 14.7 Å². The number of hydrogen-bond acceptors (Lipinski definition) is 5. The summed E-state index contributed by atoms with van der Waals surface area (Å²) in [6.45, 7) is -0.328. The highest BCUT2D eigenvalue weighted by atomic mass is 35.5. The van der Waals surface area contributed by atoms with Gasteiger partial charge in [0.2, 0.25) is 5.91 Å². The molecule has 0 saturated carbocycles. The van der Waals surface area contributed by atoms with Crippen LogP contribution in [0.1, 0.15) is 12.1 Å². The van der Waals surface area contributed by atoms with Gasteiger partial charge < -0.3 is 15.5 Å². The normalized spacial score (nSPS) is 12.9. The van der Waals surface area contributed by atoms with E-state index in [0.29, 0.717) is 10.7 Å². The number of aliphatic hydroxyl groups excluding tert-OH is 1. The number of rotatable bonds is 6. The monoisotopic (exact) mass is 329 g/mol. The number of nitrogens with one attached hydrogen (secondary N) is 1. The molecule has 3 N–H and O–H groups in total. The first-order valence-electron chi connectivity index (χ1n) is 5.96. The van der Waals surface area contributed by atoms with E-state index in [1.54, 1.807) is 10.6 Å². The largest absolute Gasteiger partial charge is 0.480 e. The number of carbonyl (C=O) groups is 2. The van der Waals surface area contributed by atoms with Crippen LogP contribution in [0.5, 0.6) is 0 Å². The summed E-state index contributed by atoms with van der Waals surface area (Å²) in [6, 6.07) is -1.13. The number of imidazole rings is 1. The Morgan fingerprint density at radius 3 is 3.00 bits per heavy atom. The maximum absolute atomic E-state index is 11.7. The molecule has 1 unspecified atom stereocenters. The van der Waals surface area contributed by atoms with Crippen LogP contribution in [0.25, 0.3) is 11.0 Å². The molecule has 0 bridgehead atoms. The van der Waals surface area contributed by atoms with Gasteiger partial charge in [-0.05, 0) is 6.08 Å². The molecule has 0 radical (unpaired) electrons. The topological polar surface area (TPSA) is 104 Å². The summed E-state index contributed by atoms with van der Waals surface area (Å²) in [5.41, 5.74) is 0.539. The lowest BCUT2D eigenvalue weighted by Crippen LogP contribution is -2.40. The van der Waals surface area contributed by atoms with Crippen LogP contribution < -0.4 is 5.32 Å². The van der Waals surface area contributed by atoms with Gasteiger partial charge in [0.15, 0.2) is 10.1 Å². The van der Waals surface area contributed by atoms with Crippen molar-refractivity contribution in [3.8, 4) is 0 Å². The van der Waals surface area contributed by atoms with E-state index in [0.717, 1.165) is 0 Å². The molecule has 7 nitrogen and oxygen atoms in total. The number of carboxylic acids is 1. The summed E-state index contributed by atoms with van der Waals surface area (Å²) < 4.78 is 1.72. The summed E-state index contributed by atoms with van der Waals surface area (Å²) in [6.07, 6.45) is 4.35. The van der Waals surface area contributed by atoms with Crippen LogP contribution in [0.15, 0.2) is 17.7 Å². The predicted molar refractivity (Wildman–Crippen MR) is 78.4 cm³/mol. The molecule has 21 heavy (non-hydrogen) atoms. The van der Waals surface area contributed by atoms with Crippen molar-refractivity contribution in [3.05, 3.63) is 28.5 Å². The Labute approximate surface area is 128 Å². The van der Waals surface area contributed by atoms with Crippen LogP contribution in [0.2, 0.25) is 5.15 Å². The summed E-state index contributed by atoms with van der Waals surface area (Å²) >= 11 is 7.37. The van der Waals surface area contributed by atoms with E-state index in [-0.39, 0.29) is 18.2 Å². The van der Waals surface area contributed by atoms with Crippen molar-refractivity contribution in [1.29, 1.82) is 0 Å². The van der Waals surface area contributed by atoms with Crippen LogP contribution in [0.4, 0.5) is 0 Å². The second-order valence-electron chi connectivity index (χ2n) is 4.09. The van der Waals surface area contributed by atoms with Gasteiger partial charge in [-0.1, -0.05) is 11.6 Å². The summed E-state index contributed by atoms with van der Waals surface area (Å²) in [7, 11) is 0. The van der Waals surface area contributed by atoms with Gasteiger partial charge in [-0.15, -0.1) is 11.3 Å². The average molecular weight is 330 g/mol. The van der Waals surface area contributed by atoms with E-state index < -0.39 is 17.9 Å². The van der Waals surface area contributed by atoms with Crippen LogP contribution in [0, 0.1) is 0 Å². The third-order valence-electron chi connectivity index (χ3n) is 2.68. The highest BCUT2D eigenvalue weighted by Gasteiger charge is 2.18. The molecule has 0 saturated heterocycles. The Bertz CT molecular complexity index is 694. The van der Waals surface area contributed by atoms with Gasteiger partial charge in [-0.3, -0.25) is 9.20 Å². The molecule has 0 aliphatic rings. The van der Waals surface area contributed by atoms with Crippen molar-refractivity contribution in [3.63, 3.8) is 0 Å². The number of nitrogens with zero attached hydrogens (tertiary/aromatic N) is 2. The molecule has 0 aromatic carbocycles. The third-order valence-corrected chi connectivity index (χ3v) is 3.71. The smallest absolute Gasteiger partial charge is 0.326 e. The lowest BCUT2D eigenvalue weighted by atomic mass is 10.2. The van der Waals surface area contributed by atoms with Crippen molar-refractivity contribution >= 4 is 45.9 Å². The molecular weight excluding hydrogens is 318 g/mol. The van der Waals surface area contributed by atoms with Gasteiger partial charge in [0.1, 0.15) is 6.04 Å². The second-order valence-corrected chi connectivity index (χ2v) is 5.32. The Hall–Kier alpha value is -1.90. The Morgan fingerprint density at radius 2 is 2.33 bits per heavy atom. The Balaban J connectivity index is 2.09. The first-order valence-corrected chi connectivity index (χ1v) is 7.22. The maximum Gasteiger partial charge on any atom is 0.326 e. The zero-order valence-electron chi connectivity index (χ0n) is 10.7. The van der Waals surface area contributed by atoms with Gasteiger partial charge in [-0.25, -0.2) is 9.78 Å². The van der Waals surface area contributed by atoms with Crippen LogP contribution in [-0.2, 0) is 9.59 Å². The minimum absolute atomic E-state index is 0.0584. The van der Waals surface area contributed by atoms with E-state index in [1.165, 1.54) is 23.5 Å². The molecule has 1 atom stereocenters. The molecule has 112 valence electrons. The first-order chi connectivity index (χ1) is 10.0. The number of aliphatic carboxylic acids is 1. The maximum atomic E-state index is 11.7. The van der Waals surface area contributed by atoms with E-state index >= 15 is 0 Å². The van der Waals surface area contributed by atoms with E-state index in [4.69, 9.17) is 21.8 Å². The molecule has 0 spiro atoms. The quantitative estimate of drug-likeness (QED) is 0.686. The van der Waals surface area contributed by atoms with Gasteiger partial charge in [0.25, 0.3) is 0 Å². The van der Waals surface area contributed by atoms with Gasteiger partial charge in [0.05, 0.1) is 5.69 Å². The fourth-order valence-electron chi connectivity index (χ4n) is 1.69. The number of fused-ring (bicyclic) bond motifs is 1. The SMILES string of the molecule is O=C(/C=C/c1c(Cl)nc2sccn12)NC(CCO)C(=O)O. The fraction of sp³-hybridized carbons (Fsp3) is 0.250.